The van der Waals surface area contributed by atoms with Crippen molar-refractivity contribution in [3.05, 3.63) is 34.2 Å². The average Bonchev–Trinajstić information content (AvgIpc) is 2.03. The van der Waals surface area contributed by atoms with Crippen LogP contribution in [0.15, 0.2) is 18.2 Å². The Kier molecular flexibility index (Phi) is 3.00. The SMILES string of the molecule is Cc1cc([NH+](C)[O-])cc([NH+](C)[O-])c1. The van der Waals surface area contributed by atoms with Crippen LogP contribution in [0.2, 0.25) is 0 Å². The molecule has 0 radical (unpaired) electrons. The predicted octanol–water partition coefficient (Wildman–Crippen LogP) is -0.717. The molecule has 0 saturated heterocycles. The molecular weight excluding hydrogens is 168 g/mol. The highest BCUT2D eigenvalue weighted by Crippen LogP contribution is 2.11. The summed E-state index contributed by atoms with van der Waals surface area (Å²) in [5, 5.41) is 22.1. The van der Waals surface area contributed by atoms with Gasteiger partial charge in [-0.15, -0.1) is 0 Å². The van der Waals surface area contributed by atoms with E-state index in [2.05, 4.69) is 0 Å². The largest absolute Gasteiger partial charge is 0.629 e. The number of benzene rings is 1. The molecule has 2 atom stereocenters. The number of nitrogens with one attached hydrogen (secondary N) is 2. The third kappa shape index (κ3) is 2.50. The van der Waals surface area contributed by atoms with Crippen LogP contribution in [-0.4, -0.2) is 14.1 Å². The summed E-state index contributed by atoms with van der Waals surface area (Å²) in [5.74, 6) is 0. The molecule has 4 nitrogen and oxygen atoms in total. The van der Waals surface area contributed by atoms with Crippen LogP contribution in [0.4, 0.5) is 11.4 Å². The average molecular weight is 182 g/mol. The van der Waals surface area contributed by atoms with Gasteiger partial charge in [0.05, 0.1) is 20.2 Å². The molecular formula is C9H14N2O2. The molecule has 0 fully saturated rings. The van der Waals surface area contributed by atoms with Gasteiger partial charge in [0.15, 0.2) is 0 Å². The molecule has 2 N–H and O–H groups in total. The Balaban J connectivity index is 3.11. The second-order valence-electron chi connectivity index (χ2n) is 3.20. The minimum Gasteiger partial charge on any atom is -0.629 e. The highest BCUT2D eigenvalue weighted by Gasteiger charge is 2.04. The molecule has 0 aliphatic heterocycles. The van der Waals surface area contributed by atoms with E-state index in [4.69, 9.17) is 0 Å². The van der Waals surface area contributed by atoms with E-state index in [1.54, 1.807) is 18.2 Å². The molecule has 0 spiro atoms. The first-order valence-electron chi connectivity index (χ1n) is 4.14. The summed E-state index contributed by atoms with van der Waals surface area (Å²) in [7, 11) is 3.00. The number of hydrogen-bond acceptors (Lipinski definition) is 2. The summed E-state index contributed by atoms with van der Waals surface area (Å²) >= 11 is 0. The molecule has 0 heterocycles. The molecule has 72 valence electrons. The number of hydrogen-bond donors (Lipinski definition) is 2. The normalized spacial score (nSPS) is 15.5. The molecule has 1 aromatic carbocycles. The highest BCUT2D eigenvalue weighted by atomic mass is 16.5. The zero-order chi connectivity index (χ0) is 10.0. The zero-order valence-electron chi connectivity index (χ0n) is 8.05. The van der Waals surface area contributed by atoms with Crippen LogP contribution in [0.1, 0.15) is 5.56 Å². The smallest absolute Gasteiger partial charge is 0.137 e. The molecule has 0 aliphatic rings. The van der Waals surface area contributed by atoms with Gasteiger partial charge in [0.2, 0.25) is 0 Å². The zero-order valence-corrected chi connectivity index (χ0v) is 8.05. The maximum atomic E-state index is 11.1. The van der Waals surface area contributed by atoms with Gasteiger partial charge in [-0.2, -0.15) is 0 Å². The first kappa shape index (κ1) is 10.1. The van der Waals surface area contributed by atoms with E-state index >= 15 is 0 Å². The van der Waals surface area contributed by atoms with Gasteiger partial charge in [-0.05, 0) is 12.5 Å². The Hall–Kier alpha value is -0.940. The lowest BCUT2D eigenvalue weighted by atomic mass is 10.2. The monoisotopic (exact) mass is 182 g/mol. The van der Waals surface area contributed by atoms with E-state index in [1.165, 1.54) is 14.1 Å². The standard InChI is InChI=1S/C9H14N2O2/c1-7-4-8(10(2)12)6-9(5-7)11(3)13/h4-6,10-11H,1-3H3. The highest BCUT2D eigenvalue weighted by molar-refractivity contribution is 5.45. The molecule has 2 unspecified atom stereocenters. The van der Waals surface area contributed by atoms with Gasteiger partial charge in [-0.3, -0.25) is 0 Å². The molecule has 13 heavy (non-hydrogen) atoms. The molecule has 0 amide bonds. The number of rotatable bonds is 2. The molecule has 4 heteroatoms. The van der Waals surface area contributed by atoms with Crippen molar-refractivity contribution in [3.63, 3.8) is 0 Å². The third-order valence-corrected chi connectivity index (χ3v) is 1.89. The minimum absolute atomic E-state index is 0.00815. The Bertz CT molecular complexity index is 271. The van der Waals surface area contributed by atoms with Crippen molar-refractivity contribution >= 4 is 11.4 Å². The van der Waals surface area contributed by atoms with E-state index in [-0.39, 0.29) is 10.1 Å². The second-order valence-corrected chi connectivity index (χ2v) is 3.20. The van der Waals surface area contributed by atoms with Crippen LogP contribution in [-0.2, 0) is 0 Å². The number of hydroxylamine groups is 2. The van der Waals surface area contributed by atoms with Crippen molar-refractivity contribution in [2.45, 2.75) is 6.92 Å². The molecule has 0 aromatic heterocycles. The number of quaternary nitrogens is 2. The summed E-state index contributed by atoms with van der Waals surface area (Å²) in [6.07, 6.45) is 0. The van der Waals surface area contributed by atoms with Crippen LogP contribution in [0.5, 0.6) is 0 Å². The second kappa shape index (κ2) is 3.85. The van der Waals surface area contributed by atoms with E-state index in [0.29, 0.717) is 11.4 Å². The van der Waals surface area contributed by atoms with E-state index in [0.717, 1.165) is 5.56 Å². The summed E-state index contributed by atoms with van der Waals surface area (Å²) in [4.78, 5) is 0. The van der Waals surface area contributed by atoms with Crippen molar-refractivity contribution in [2.24, 2.45) is 0 Å². The van der Waals surface area contributed by atoms with Gasteiger partial charge >= 0.3 is 0 Å². The van der Waals surface area contributed by atoms with E-state index < -0.39 is 0 Å². The quantitative estimate of drug-likeness (QED) is 0.593. The molecule has 1 rings (SSSR count). The maximum Gasteiger partial charge on any atom is 0.137 e. The lowest BCUT2D eigenvalue weighted by molar-refractivity contribution is -0.758. The van der Waals surface area contributed by atoms with Crippen LogP contribution in [0.25, 0.3) is 0 Å². The Morgan fingerprint density at radius 1 is 0.923 bits per heavy atom. The van der Waals surface area contributed by atoms with Gasteiger partial charge in [0.1, 0.15) is 11.4 Å². The lowest BCUT2D eigenvalue weighted by Gasteiger charge is -2.20. The van der Waals surface area contributed by atoms with Gasteiger partial charge in [-0.25, -0.2) is 0 Å². The summed E-state index contributed by atoms with van der Waals surface area (Å²) in [6, 6.07) is 5.21. The summed E-state index contributed by atoms with van der Waals surface area (Å²) in [5.41, 5.74) is 2.15. The molecule has 1 aromatic rings. The molecule has 0 aliphatic carbocycles. The van der Waals surface area contributed by atoms with Crippen molar-refractivity contribution < 1.29 is 10.1 Å². The Labute approximate surface area is 77.5 Å². The fourth-order valence-electron chi connectivity index (χ4n) is 1.19. The van der Waals surface area contributed by atoms with Crippen molar-refractivity contribution in [3.8, 4) is 0 Å². The first-order chi connectivity index (χ1) is 6.00. The summed E-state index contributed by atoms with van der Waals surface area (Å²) < 4.78 is 0. The minimum atomic E-state index is -0.00815. The lowest BCUT2D eigenvalue weighted by Crippen LogP contribution is -3.00. The summed E-state index contributed by atoms with van der Waals surface area (Å²) in [6.45, 7) is 1.87. The molecule has 0 saturated carbocycles. The van der Waals surface area contributed by atoms with Crippen molar-refractivity contribution in [1.29, 1.82) is 0 Å². The van der Waals surface area contributed by atoms with Crippen molar-refractivity contribution in [2.75, 3.05) is 14.1 Å². The van der Waals surface area contributed by atoms with E-state index in [1.807, 2.05) is 6.92 Å². The first-order valence-corrected chi connectivity index (χ1v) is 4.14. The maximum absolute atomic E-state index is 11.1. The van der Waals surface area contributed by atoms with Gasteiger partial charge < -0.3 is 20.5 Å². The fraction of sp³-hybridized carbons (Fsp3) is 0.333. The van der Waals surface area contributed by atoms with Crippen LogP contribution >= 0.6 is 0 Å². The number of aryl methyl sites for hydroxylation is 1. The Morgan fingerprint density at radius 2 is 1.31 bits per heavy atom. The Morgan fingerprint density at radius 3 is 1.62 bits per heavy atom. The van der Waals surface area contributed by atoms with Crippen LogP contribution < -0.4 is 10.1 Å². The topological polar surface area (TPSA) is 55.0 Å². The third-order valence-electron chi connectivity index (χ3n) is 1.89. The van der Waals surface area contributed by atoms with Crippen LogP contribution in [0, 0.1) is 17.3 Å². The van der Waals surface area contributed by atoms with Crippen LogP contribution in [0.3, 0.4) is 0 Å². The molecule has 0 bridgehead atoms. The fourth-order valence-corrected chi connectivity index (χ4v) is 1.19. The van der Waals surface area contributed by atoms with E-state index in [9.17, 15) is 10.4 Å². The van der Waals surface area contributed by atoms with Crippen molar-refractivity contribution in [1.82, 2.24) is 0 Å². The predicted molar refractivity (Wildman–Crippen MR) is 51.0 cm³/mol. The van der Waals surface area contributed by atoms with Gasteiger partial charge in [-0.1, -0.05) is 0 Å². The van der Waals surface area contributed by atoms with Gasteiger partial charge in [0.25, 0.3) is 0 Å². The van der Waals surface area contributed by atoms with Gasteiger partial charge in [0, 0.05) is 12.1 Å².